The van der Waals surface area contributed by atoms with Gasteiger partial charge in [-0.25, -0.2) is 0 Å². The van der Waals surface area contributed by atoms with Gasteiger partial charge in [0.2, 0.25) is 0 Å². The summed E-state index contributed by atoms with van der Waals surface area (Å²) < 4.78 is 0. The van der Waals surface area contributed by atoms with E-state index in [1.54, 1.807) is 0 Å². The standard InChI is InChI=1S/C17H24N2S/c1-13-10-11-20-17(13)16(19(4)5)12-14-8-6-7-9-15(14)18(2)3/h6-11,16H,12H2,1-5H3. The second-order valence-electron chi connectivity index (χ2n) is 5.67. The first-order chi connectivity index (χ1) is 9.50. The van der Waals surface area contributed by atoms with Crippen LogP contribution >= 0.6 is 11.3 Å². The molecule has 0 aliphatic rings. The molecule has 1 aromatic heterocycles. The third kappa shape index (κ3) is 3.22. The minimum atomic E-state index is 0.441. The zero-order chi connectivity index (χ0) is 14.7. The number of rotatable bonds is 5. The van der Waals surface area contributed by atoms with E-state index in [1.807, 2.05) is 11.3 Å². The Kier molecular flexibility index (Phi) is 4.84. The molecule has 0 N–H and O–H groups in total. The van der Waals surface area contributed by atoms with Crippen molar-refractivity contribution < 1.29 is 0 Å². The lowest BCUT2D eigenvalue weighted by Crippen LogP contribution is -2.23. The molecule has 2 nitrogen and oxygen atoms in total. The summed E-state index contributed by atoms with van der Waals surface area (Å²) in [6, 6.07) is 11.3. The summed E-state index contributed by atoms with van der Waals surface area (Å²) in [5.41, 5.74) is 4.12. The van der Waals surface area contributed by atoms with Crippen molar-refractivity contribution in [3.05, 3.63) is 51.7 Å². The van der Waals surface area contributed by atoms with Crippen LogP contribution in [0, 0.1) is 6.92 Å². The molecule has 0 radical (unpaired) electrons. The molecule has 20 heavy (non-hydrogen) atoms. The first-order valence-corrected chi connectivity index (χ1v) is 7.84. The Morgan fingerprint density at radius 3 is 2.30 bits per heavy atom. The minimum absolute atomic E-state index is 0.441. The topological polar surface area (TPSA) is 6.48 Å². The molecule has 0 aliphatic carbocycles. The molecular weight excluding hydrogens is 264 g/mol. The highest BCUT2D eigenvalue weighted by molar-refractivity contribution is 7.10. The maximum Gasteiger partial charge on any atom is 0.0479 e. The first-order valence-electron chi connectivity index (χ1n) is 6.96. The van der Waals surface area contributed by atoms with Gasteiger partial charge >= 0.3 is 0 Å². The summed E-state index contributed by atoms with van der Waals surface area (Å²) >= 11 is 1.86. The Morgan fingerprint density at radius 1 is 1.05 bits per heavy atom. The molecule has 3 heteroatoms. The van der Waals surface area contributed by atoms with E-state index in [0.29, 0.717) is 6.04 Å². The smallest absolute Gasteiger partial charge is 0.0479 e. The van der Waals surface area contributed by atoms with Crippen LogP contribution in [0.2, 0.25) is 0 Å². The number of para-hydroxylation sites is 1. The average Bonchev–Trinajstić information content (AvgIpc) is 2.82. The van der Waals surface area contributed by atoms with E-state index in [-0.39, 0.29) is 0 Å². The molecule has 1 heterocycles. The van der Waals surface area contributed by atoms with Crippen LogP contribution in [0.3, 0.4) is 0 Å². The SMILES string of the molecule is Cc1ccsc1C(Cc1ccccc1N(C)C)N(C)C. The summed E-state index contributed by atoms with van der Waals surface area (Å²) in [7, 11) is 8.56. The highest BCUT2D eigenvalue weighted by Crippen LogP contribution is 2.32. The van der Waals surface area contributed by atoms with Gasteiger partial charge in [-0.3, -0.25) is 0 Å². The van der Waals surface area contributed by atoms with Gasteiger partial charge in [-0.15, -0.1) is 11.3 Å². The molecule has 0 spiro atoms. The molecule has 0 fully saturated rings. The molecule has 1 aromatic carbocycles. The molecule has 1 unspecified atom stereocenters. The molecule has 0 bridgehead atoms. The number of thiophene rings is 1. The first kappa shape index (κ1) is 15.1. The molecule has 0 saturated carbocycles. The fraction of sp³-hybridized carbons (Fsp3) is 0.412. The van der Waals surface area contributed by atoms with Crippen molar-refractivity contribution in [2.45, 2.75) is 19.4 Å². The summed E-state index contributed by atoms with van der Waals surface area (Å²) in [4.78, 5) is 6.00. The van der Waals surface area contributed by atoms with Crippen LogP contribution in [0.1, 0.15) is 22.0 Å². The molecule has 108 valence electrons. The van der Waals surface area contributed by atoms with Gasteiger partial charge in [-0.05, 0) is 56.1 Å². The largest absolute Gasteiger partial charge is 0.377 e. The zero-order valence-corrected chi connectivity index (χ0v) is 13.9. The van der Waals surface area contributed by atoms with Crippen molar-refractivity contribution in [1.29, 1.82) is 0 Å². The Balaban J connectivity index is 2.33. The van der Waals surface area contributed by atoms with Crippen molar-refractivity contribution >= 4 is 17.0 Å². The van der Waals surface area contributed by atoms with Crippen molar-refractivity contribution in [3.63, 3.8) is 0 Å². The predicted octanol–water partition coefficient (Wildman–Crippen LogP) is 3.97. The van der Waals surface area contributed by atoms with Gasteiger partial charge < -0.3 is 9.80 Å². The van der Waals surface area contributed by atoms with Crippen LogP contribution in [0.5, 0.6) is 0 Å². The van der Waals surface area contributed by atoms with Crippen LogP contribution in [0.4, 0.5) is 5.69 Å². The third-order valence-corrected chi connectivity index (χ3v) is 4.83. The van der Waals surface area contributed by atoms with Crippen LogP contribution < -0.4 is 4.90 Å². The predicted molar refractivity (Wildman–Crippen MR) is 90.0 cm³/mol. The summed E-state index contributed by atoms with van der Waals surface area (Å²) in [6.07, 6.45) is 1.04. The molecule has 2 rings (SSSR count). The number of nitrogens with zero attached hydrogens (tertiary/aromatic N) is 2. The maximum absolute atomic E-state index is 2.32. The van der Waals surface area contributed by atoms with Gasteiger partial charge in [0.05, 0.1) is 0 Å². The van der Waals surface area contributed by atoms with Gasteiger partial charge in [0.25, 0.3) is 0 Å². The van der Waals surface area contributed by atoms with Gasteiger partial charge in [-0.1, -0.05) is 18.2 Å². The number of likely N-dealkylation sites (N-methyl/N-ethyl adjacent to an activating group) is 1. The highest BCUT2D eigenvalue weighted by atomic mass is 32.1. The van der Waals surface area contributed by atoms with Crippen molar-refractivity contribution in [2.75, 3.05) is 33.1 Å². The second kappa shape index (κ2) is 6.42. The van der Waals surface area contributed by atoms with E-state index in [9.17, 15) is 0 Å². The lowest BCUT2D eigenvalue weighted by Gasteiger charge is -2.26. The van der Waals surface area contributed by atoms with Crippen LogP contribution in [0.25, 0.3) is 0 Å². The van der Waals surface area contributed by atoms with Crippen molar-refractivity contribution in [1.82, 2.24) is 4.90 Å². The molecule has 0 amide bonds. The van der Waals surface area contributed by atoms with Crippen LogP contribution in [-0.4, -0.2) is 33.1 Å². The lowest BCUT2D eigenvalue weighted by atomic mass is 10.00. The van der Waals surface area contributed by atoms with Crippen LogP contribution in [-0.2, 0) is 6.42 Å². The van der Waals surface area contributed by atoms with E-state index < -0.39 is 0 Å². The van der Waals surface area contributed by atoms with E-state index in [2.05, 4.69) is 80.6 Å². The fourth-order valence-electron chi connectivity index (χ4n) is 2.56. The lowest BCUT2D eigenvalue weighted by molar-refractivity contribution is 0.301. The number of benzene rings is 1. The van der Waals surface area contributed by atoms with Gasteiger partial charge in [-0.2, -0.15) is 0 Å². The van der Waals surface area contributed by atoms with Crippen molar-refractivity contribution in [2.24, 2.45) is 0 Å². The minimum Gasteiger partial charge on any atom is -0.377 e. The van der Waals surface area contributed by atoms with Gasteiger partial charge in [0, 0.05) is 30.7 Å². The van der Waals surface area contributed by atoms with E-state index in [0.717, 1.165) is 6.42 Å². The van der Waals surface area contributed by atoms with E-state index in [1.165, 1.54) is 21.7 Å². The summed E-state index contributed by atoms with van der Waals surface area (Å²) in [5.74, 6) is 0. The Hall–Kier alpha value is -1.32. The number of aryl methyl sites for hydroxylation is 1. The normalized spacial score (nSPS) is 12.7. The number of hydrogen-bond acceptors (Lipinski definition) is 3. The Labute approximate surface area is 126 Å². The summed E-state index contributed by atoms with van der Waals surface area (Å²) in [6.45, 7) is 2.21. The average molecular weight is 288 g/mol. The number of anilines is 1. The van der Waals surface area contributed by atoms with E-state index >= 15 is 0 Å². The van der Waals surface area contributed by atoms with E-state index in [4.69, 9.17) is 0 Å². The number of hydrogen-bond donors (Lipinski definition) is 0. The highest BCUT2D eigenvalue weighted by Gasteiger charge is 2.19. The Morgan fingerprint density at radius 2 is 1.75 bits per heavy atom. The quantitative estimate of drug-likeness (QED) is 0.821. The summed E-state index contributed by atoms with van der Waals surface area (Å²) in [5, 5.41) is 2.19. The van der Waals surface area contributed by atoms with Crippen LogP contribution in [0.15, 0.2) is 35.7 Å². The molecular formula is C17H24N2S. The molecule has 0 saturated heterocycles. The van der Waals surface area contributed by atoms with Crippen molar-refractivity contribution in [3.8, 4) is 0 Å². The fourth-order valence-corrected chi connectivity index (χ4v) is 3.69. The second-order valence-corrected chi connectivity index (χ2v) is 6.62. The molecule has 0 aliphatic heterocycles. The third-order valence-electron chi connectivity index (χ3n) is 3.71. The maximum atomic E-state index is 2.32. The monoisotopic (exact) mass is 288 g/mol. The molecule has 1 atom stereocenters. The Bertz CT molecular complexity index is 558. The van der Waals surface area contributed by atoms with Gasteiger partial charge in [0.1, 0.15) is 0 Å². The van der Waals surface area contributed by atoms with Gasteiger partial charge in [0.15, 0.2) is 0 Å². The molecule has 2 aromatic rings. The zero-order valence-electron chi connectivity index (χ0n) is 13.1.